The number of carbonyl (C=O) groups is 1. The molecule has 0 radical (unpaired) electrons. The number of phenols is 1. The van der Waals surface area contributed by atoms with Crippen LogP contribution < -0.4 is 20.5 Å². The molecule has 0 fully saturated rings. The zero-order chi connectivity index (χ0) is 22.4. The first-order valence-corrected chi connectivity index (χ1v) is 10.2. The first kappa shape index (κ1) is 23.2. The Morgan fingerprint density at radius 1 is 1.27 bits per heavy atom. The third-order valence-corrected chi connectivity index (χ3v) is 5.19. The highest BCUT2D eigenvalue weighted by molar-refractivity contribution is 7.80. The van der Waals surface area contributed by atoms with Gasteiger partial charge in [0.25, 0.3) is 5.91 Å². The number of primary amides is 1. The van der Waals surface area contributed by atoms with Crippen molar-refractivity contribution in [3.8, 4) is 11.5 Å². The number of amides is 1. The van der Waals surface area contributed by atoms with E-state index in [-0.39, 0.29) is 48.3 Å². The van der Waals surface area contributed by atoms with Crippen molar-refractivity contribution >= 4 is 28.7 Å². The summed E-state index contributed by atoms with van der Waals surface area (Å²) in [6.45, 7) is 3.71. The summed E-state index contributed by atoms with van der Waals surface area (Å²) in [5, 5.41) is 17.6. The molecule has 0 aliphatic rings. The van der Waals surface area contributed by atoms with Gasteiger partial charge in [0.1, 0.15) is 17.3 Å². The summed E-state index contributed by atoms with van der Waals surface area (Å²) in [5.41, 5.74) is 12.6. The van der Waals surface area contributed by atoms with E-state index in [0.29, 0.717) is 11.3 Å². The first-order chi connectivity index (χ1) is 14.1. The molecule has 0 saturated carbocycles. The number of benzene rings is 2. The molecule has 0 aliphatic heterocycles. The van der Waals surface area contributed by atoms with Crippen molar-refractivity contribution in [3.63, 3.8) is 0 Å². The van der Waals surface area contributed by atoms with Gasteiger partial charge < -0.3 is 25.9 Å². The Morgan fingerprint density at radius 3 is 2.53 bits per heavy atom. The Kier molecular flexibility index (Phi) is 7.79. The van der Waals surface area contributed by atoms with E-state index in [0.717, 1.165) is 9.87 Å². The molecule has 0 heterocycles. The number of anilines is 1. The average Bonchev–Trinajstić information content (AvgIpc) is 2.67. The lowest BCUT2D eigenvalue weighted by Gasteiger charge is -2.28. The van der Waals surface area contributed by atoms with Crippen LogP contribution >= 0.6 is 0 Å². The van der Waals surface area contributed by atoms with Gasteiger partial charge in [0, 0.05) is 23.4 Å². The largest absolute Gasteiger partial charge is 0.755 e. The molecule has 1 amide bonds. The third-order valence-electron chi connectivity index (χ3n) is 4.45. The number of nitrogens with two attached hydrogens (primary N) is 2. The zero-order valence-corrected chi connectivity index (χ0v) is 17.6. The number of amidine groups is 1. The highest BCUT2D eigenvalue weighted by Gasteiger charge is 2.16. The molecular weight excluding hydrogens is 408 g/mol. The standard InChI is InChI=1S/C20H26N4O5S/c1-12(2)14-4-3-13(18(10-14)29-11-19(21)26)7-8-24(30(27)28)16-9-15(20(22)23)5-6-17(16)25/h3-6,9-10,12,25H,7-8,11H2,1-2H3,(H2,21,26)(H3,22,23)(H,27,28)/p-1. The van der Waals surface area contributed by atoms with Crippen LogP contribution in [0.3, 0.4) is 0 Å². The fourth-order valence-corrected chi connectivity index (χ4v) is 3.36. The van der Waals surface area contributed by atoms with Crippen molar-refractivity contribution < 1.29 is 23.4 Å². The van der Waals surface area contributed by atoms with Crippen molar-refractivity contribution in [2.75, 3.05) is 17.5 Å². The summed E-state index contributed by atoms with van der Waals surface area (Å²) < 4.78 is 30.2. The second kappa shape index (κ2) is 10.1. The van der Waals surface area contributed by atoms with Crippen LogP contribution in [0.15, 0.2) is 36.4 Å². The van der Waals surface area contributed by atoms with E-state index in [1.807, 2.05) is 26.0 Å². The van der Waals surface area contributed by atoms with Gasteiger partial charge in [-0.3, -0.25) is 18.7 Å². The first-order valence-electron chi connectivity index (χ1n) is 9.18. The van der Waals surface area contributed by atoms with Gasteiger partial charge in [0.05, 0.1) is 5.69 Å². The Balaban J connectivity index is 2.32. The van der Waals surface area contributed by atoms with Gasteiger partial charge in [0.2, 0.25) is 0 Å². The SMILES string of the molecule is CC(C)c1ccc(CCN(c2cc(C(=N)N)ccc2O)S(=O)[O-])c(OCC(N)=O)c1. The molecule has 0 spiro atoms. The number of nitrogen functional groups attached to an aromatic ring is 1. The maximum absolute atomic E-state index is 11.8. The summed E-state index contributed by atoms with van der Waals surface area (Å²) >= 11 is -2.69. The maximum Gasteiger partial charge on any atom is 0.255 e. The summed E-state index contributed by atoms with van der Waals surface area (Å²) in [4.78, 5) is 11.1. The van der Waals surface area contributed by atoms with Crippen LogP contribution in [-0.2, 0) is 22.5 Å². The predicted octanol–water partition coefficient (Wildman–Crippen LogP) is 1.51. The lowest BCUT2D eigenvalue weighted by molar-refractivity contribution is -0.119. The summed E-state index contributed by atoms with van der Waals surface area (Å²) in [5.74, 6) is -0.460. The molecule has 2 aromatic rings. The molecule has 0 saturated heterocycles. The fraction of sp³-hybridized carbons (Fsp3) is 0.300. The van der Waals surface area contributed by atoms with Crippen LogP contribution in [0.4, 0.5) is 5.69 Å². The second-order valence-electron chi connectivity index (χ2n) is 6.96. The summed E-state index contributed by atoms with van der Waals surface area (Å²) in [7, 11) is 0. The second-order valence-corrected chi connectivity index (χ2v) is 7.84. The molecule has 0 aromatic heterocycles. The van der Waals surface area contributed by atoms with Crippen LogP contribution in [0.2, 0.25) is 0 Å². The Morgan fingerprint density at radius 2 is 1.97 bits per heavy atom. The van der Waals surface area contributed by atoms with E-state index in [9.17, 15) is 18.7 Å². The molecular formula is C20H25N4O5S-. The van der Waals surface area contributed by atoms with Gasteiger partial charge in [-0.15, -0.1) is 0 Å². The van der Waals surface area contributed by atoms with Crippen molar-refractivity contribution in [3.05, 3.63) is 53.1 Å². The Bertz CT molecular complexity index is 964. The van der Waals surface area contributed by atoms with Gasteiger partial charge in [-0.2, -0.15) is 0 Å². The zero-order valence-electron chi connectivity index (χ0n) is 16.8. The lowest BCUT2D eigenvalue weighted by Crippen LogP contribution is -2.28. The van der Waals surface area contributed by atoms with Crippen LogP contribution in [0.1, 0.15) is 36.5 Å². The number of hydrogen-bond acceptors (Lipinski definition) is 6. The number of aromatic hydroxyl groups is 1. The van der Waals surface area contributed by atoms with Crippen LogP contribution in [-0.4, -0.2) is 38.8 Å². The number of phenolic OH excluding ortho intramolecular Hbond substituents is 1. The number of nitrogens with zero attached hydrogens (tertiary/aromatic N) is 1. The molecule has 10 heteroatoms. The molecule has 1 atom stereocenters. The molecule has 9 nitrogen and oxygen atoms in total. The van der Waals surface area contributed by atoms with Gasteiger partial charge >= 0.3 is 0 Å². The van der Waals surface area contributed by atoms with E-state index >= 15 is 0 Å². The molecule has 2 rings (SSSR count). The minimum Gasteiger partial charge on any atom is -0.755 e. The quantitative estimate of drug-likeness (QED) is 0.252. The smallest absolute Gasteiger partial charge is 0.255 e. The number of nitrogens with one attached hydrogen (secondary N) is 1. The minimum atomic E-state index is -2.69. The van der Waals surface area contributed by atoms with Gasteiger partial charge in [0.15, 0.2) is 6.61 Å². The van der Waals surface area contributed by atoms with E-state index in [1.54, 1.807) is 6.07 Å². The molecule has 162 valence electrons. The van der Waals surface area contributed by atoms with Crippen molar-refractivity contribution in [1.82, 2.24) is 0 Å². The van der Waals surface area contributed by atoms with Crippen molar-refractivity contribution in [2.24, 2.45) is 11.5 Å². The Hall–Kier alpha value is -3.11. The normalized spacial score (nSPS) is 11.9. The summed E-state index contributed by atoms with van der Waals surface area (Å²) in [6.07, 6.45) is 0.240. The number of rotatable bonds is 10. The molecule has 2 aromatic carbocycles. The van der Waals surface area contributed by atoms with Gasteiger partial charge in [-0.05, 0) is 47.7 Å². The van der Waals surface area contributed by atoms with Crippen molar-refractivity contribution in [1.29, 1.82) is 5.41 Å². The molecule has 1 unspecified atom stereocenters. The van der Waals surface area contributed by atoms with Crippen LogP contribution in [0.25, 0.3) is 0 Å². The number of ether oxygens (including phenoxy) is 1. The third kappa shape index (κ3) is 5.94. The topological polar surface area (TPSA) is 166 Å². The minimum absolute atomic E-state index is 0.00874. The summed E-state index contributed by atoms with van der Waals surface area (Å²) in [6, 6.07) is 9.56. The van der Waals surface area contributed by atoms with Crippen LogP contribution in [0, 0.1) is 5.41 Å². The molecule has 0 bridgehead atoms. The van der Waals surface area contributed by atoms with E-state index < -0.39 is 17.2 Å². The lowest BCUT2D eigenvalue weighted by atomic mass is 9.99. The predicted molar refractivity (Wildman–Crippen MR) is 114 cm³/mol. The average molecular weight is 434 g/mol. The van der Waals surface area contributed by atoms with Crippen LogP contribution in [0.5, 0.6) is 11.5 Å². The maximum atomic E-state index is 11.8. The van der Waals surface area contributed by atoms with E-state index in [1.165, 1.54) is 18.2 Å². The fourth-order valence-electron chi connectivity index (χ4n) is 2.81. The molecule has 0 aliphatic carbocycles. The number of hydrogen-bond donors (Lipinski definition) is 4. The monoisotopic (exact) mass is 433 g/mol. The molecule has 6 N–H and O–H groups in total. The highest BCUT2D eigenvalue weighted by atomic mass is 32.2. The number of carbonyl (C=O) groups excluding carboxylic acids is 1. The van der Waals surface area contributed by atoms with E-state index in [2.05, 4.69) is 0 Å². The Labute approximate surface area is 177 Å². The van der Waals surface area contributed by atoms with Crippen molar-refractivity contribution in [2.45, 2.75) is 26.2 Å². The van der Waals surface area contributed by atoms with Gasteiger partial charge in [-0.25, -0.2) is 0 Å². The van der Waals surface area contributed by atoms with Gasteiger partial charge in [-0.1, -0.05) is 26.0 Å². The molecule has 30 heavy (non-hydrogen) atoms. The highest BCUT2D eigenvalue weighted by Crippen LogP contribution is 2.31. The van der Waals surface area contributed by atoms with E-state index in [4.69, 9.17) is 21.6 Å².